The van der Waals surface area contributed by atoms with Crippen LogP contribution in [0.3, 0.4) is 0 Å². The molecule has 4 atom stereocenters. The van der Waals surface area contributed by atoms with Gasteiger partial charge in [-0.2, -0.15) is 0 Å². The largest absolute Gasteiger partial charge is 0.469 e. The maximum atomic E-state index is 12.3. The van der Waals surface area contributed by atoms with E-state index in [1.165, 1.54) is 13.1 Å². The number of aryl methyl sites for hydroxylation is 1. The van der Waals surface area contributed by atoms with E-state index in [2.05, 4.69) is 19.7 Å². The van der Waals surface area contributed by atoms with E-state index in [9.17, 15) is 19.2 Å². The van der Waals surface area contributed by atoms with Crippen molar-refractivity contribution in [3.05, 3.63) is 43.0 Å². The lowest BCUT2D eigenvalue weighted by Gasteiger charge is -2.23. The number of alkyl halides is 1. The Labute approximate surface area is 163 Å². The Morgan fingerprint density at radius 3 is 2.86 bits per heavy atom. The molecule has 2 heterocycles. The molecular weight excluding hydrogens is 398 g/mol. The average molecular weight is 416 g/mol. The van der Waals surface area contributed by atoms with Gasteiger partial charge in [-0.3, -0.25) is 23.9 Å². The van der Waals surface area contributed by atoms with Crippen molar-refractivity contribution < 1.29 is 23.8 Å². The molecule has 0 saturated carbocycles. The number of aromatic nitrogens is 2. The standard InChI is InChI=1S/C15H18ClN5O7/c1-7-5-21(15(25)18-13(7)23)10-4-9(19-20-17)12(28-10)8(3-11(22)26-2)14(24)27-6-16/h5,8-10,12H,3-4,6H2,1-2H3,(H,18,23,25). The van der Waals surface area contributed by atoms with Gasteiger partial charge in [-0.25, -0.2) is 4.79 Å². The van der Waals surface area contributed by atoms with E-state index >= 15 is 0 Å². The van der Waals surface area contributed by atoms with Gasteiger partial charge in [-0.1, -0.05) is 16.7 Å². The molecule has 4 unspecified atom stereocenters. The zero-order chi connectivity index (χ0) is 20.8. The minimum Gasteiger partial charge on any atom is -0.469 e. The van der Waals surface area contributed by atoms with Gasteiger partial charge in [0.2, 0.25) is 0 Å². The van der Waals surface area contributed by atoms with Crippen LogP contribution in [-0.4, -0.2) is 46.8 Å². The first kappa shape index (κ1) is 21.5. The topological polar surface area (TPSA) is 165 Å². The van der Waals surface area contributed by atoms with Crippen LogP contribution in [0.5, 0.6) is 0 Å². The number of methoxy groups -OCH3 is 1. The van der Waals surface area contributed by atoms with Crippen LogP contribution in [0.4, 0.5) is 0 Å². The highest BCUT2D eigenvalue weighted by molar-refractivity contribution is 6.17. The number of hydrogen-bond donors (Lipinski definition) is 1. The molecule has 12 nitrogen and oxygen atoms in total. The van der Waals surface area contributed by atoms with Crippen LogP contribution >= 0.6 is 11.6 Å². The molecule has 2 rings (SSSR count). The number of rotatable bonds is 7. The van der Waals surface area contributed by atoms with Crippen LogP contribution in [0.25, 0.3) is 10.4 Å². The highest BCUT2D eigenvalue weighted by atomic mass is 35.5. The Morgan fingerprint density at radius 1 is 1.54 bits per heavy atom. The lowest BCUT2D eigenvalue weighted by molar-refractivity contribution is -0.159. The molecule has 0 radical (unpaired) electrons. The molecule has 1 aromatic rings. The fourth-order valence-corrected chi connectivity index (χ4v) is 3.05. The lowest BCUT2D eigenvalue weighted by atomic mass is 9.93. The summed E-state index contributed by atoms with van der Waals surface area (Å²) in [5, 5.41) is 3.62. The third-order valence-corrected chi connectivity index (χ3v) is 4.41. The van der Waals surface area contributed by atoms with Gasteiger partial charge in [0.1, 0.15) is 6.23 Å². The average Bonchev–Trinajstić information content (AvgIpc) is 3.06. The molecule has 1 fully saturated rings. The molecule has 1 aliphatic heterocycles. The summed E-state index contributed by atoms with van der Waals surface area (Å²) in [6.07, 6.45) is -1.08. The summed E-state index contributed by atoms with van der Waals surface area (Å²) in [6, 6.07) is -1.33. The number of hydrogen-bond acceptors (Lipinski definition) is 8. The molecule has 1 saturated heterocycles. The maximum absolute atomic E-state index is 12.3. The number of carbonyl (C=O) groups is 2. The zero-order valence-electron chi connectivity index (χ0n) is 15.0. The van der Waals surface area contributed by atoms with Gasteiger partial charge >= 0.3 is 17.6 Å². The van der Waals surface area contributed by atoms with E-state index in [1.54, 1.807) is 0 Å². The van der Waals surface area contributed by atoms with E-state index in [0.29, 0.717) is 0 Å². The number of azide groups is 1. The quantitative estimate of drug-likeness (QED) is 0.225. The molecule has 1 aromatic heterocycles. The van der Waals surface area contributed by atoms with Gasteiger partial charge in [-0.15, -0.1) is 0 Å². The maximum Gasteiger partial charge on any atom is 0.330 e. The predicted octanol–water partition coefficient (Wildman–Crippen LogP) is 0.730. The van der Waals surface area contributed by atoms with Gasteiger partial charge in [0.15, 0.2) is 6.07 Å². The van der Waals surface area contributed by atoms with E-state index in [-0.39, 0.29) is 12.0 Å². The fourth-order valence-electron chi connectivity index (χ4n) is 2.95. The molecule has 0 amide bonds. The van der Waals surface area contributed by atoms with Gasteiger partial charge in [0.05, 0.1) is 31.6 Å². The normalized spacial score (nSPS) is 22.2. The molecule has 152 valence electrons. The number of aromatic amines is 1. The monoisotopic (exact) mass is 415 g/mol. The Morgan fingerprint density at radius 2 is 2.25 bits per heavy atom. The lowest BCUT2D eigenvalue weighted by Crippen LogP contribution is -2.38. The number of halogens is 1. The van der Waals surface area contributed by atoms with Gasteiger partial charge < -0.3 is 14.2 Å². The summed E-state index contributed by atoms with van der Waals surface area (Å²) in [5.41, 5.74) is 7.84. The molecule has 1 N–H and O–H groups in total. The summed E-state index contributed by atoms with van der Waals surface area (Å²) >= 11 is 5.43. The number of nitrogens with zero attached hydrogens (tertiary/aromatic N) is 4. The van der Waals surface area contributed by atoms with Gasteiger partial charge in [0, 0.05) is 23.1 Å². The fraction of sp³-hybridized carbons (Fsp3) is 0.600. The first-order valence-electron chi connectivity index (χ1n) is 8.13. The van der Waals surface area contributed by atoms with Crippen molar-refractivity contribution in [2.75, 3.05) is 13.2 Å². The first-order chi connectivity index (χ1) is 13.3. The second-order valence-electron chi connectivity index (χ2n) is 6.00. The van der Waals surface area contributed by atoms with E-state index < -0.39 is 60.0 Å². The number of ether oxygens (including phenoxy) is 3. The molecule has 28 heavy (non-hydrogen) atoms. The van der Waals surface area contributed by atoms with Crippen molar-refractivity contribution in [1.82, 2.24) is 9.55 Å². The summed E-state index contributed by atoms with van der Waals surface area (Å²) < 4.78 is 16.3. The van der Waals surface area contributed by atoms with E-state index in [1.807, 2.05) is 0 Å². The van der Waals surface area contributed by atoms with E-state index in [0.717, 1.165) is 11.7 Å². The van der Waals surface area contributed by atoms with Crippen molar-refractivity contribution in [2.45, 2.75) is 38.1 Å². The van der Waals surface area contributed by atoms with Gasteiger partial charge in [0.25, 0.3) is 5.56 Å². The van der Waals surface area contributed by atoms with Gasteiger partial charge in [-0.05, 0) is 12.5 Å². The highest BCUT2D eigenvalue weighted by Gasteiger charge is 2.45. The summed E-state index contributed by atoms with van der Waals surface area (Å²) in [7, 11) is 1.15. The molecule has 1 aliphatic rings. The predicted molar refractivity (Wildman–Crippen MR) is 94.5 cm³/mol. The van der Waals surface area contributed by atoms with Crippen LogP contribution < -0.4 is 11.2 Å². The Kier molecular flexibility index (Phi) is 7.21. The van der Waals surface area contributed by atoms with Crippen LogP contribution in [0.1, 0.15) is 24.6 Å². The van der Waals surface area contributed by atoms with Crippen LogP contribution in [0.15, 0.2) is 20.9 Å². The minimum absolute atomic E-state index is 0.0337. The molecule has 0 bridgehead atoms. The summed E-state index contributed by atoms with van der Waals surface area (Å²) in [4.78, 5) is 52.6. The Bertz CT molecular complexity index is 907. The number of nitrogens with one attached hydrogen (secondary N) is 1. The van der Waals surface area contributed by atoms with Crippen molar-refractivity contribution >= 4 is 23.5 Å². The smallest absolute Gasteiger partial charge is 0.330 e. The zero-order valence-corrected chi connectivity index (χ0v) is 15.8. The van der Waals surface area contributed by atoms with Crippen LogP contribution in [0, 0.1) is 12.8 Å². The molecule has 13 heteroatoms. The molecule has 0 aromatic carbocycles. The van der Waals surface area contributed by atoms with E-state index in [4.69, 9.17) is 26.6 Å². The third kappa shape index (κ3) is 4.71. The molecule has 0 spiro atoms. The molecule has 0 aliphatic carbocycles. The van der Waals surface area contributed by atoms with Crippen molar-refractivity contribution in [1.29, 1.82) is 0 Å². The molecular formula is C15H18ClN5O7. The Hall–Kier alpha value is -2.82. The first-order valence-corrected chi connectivity index (χ1v) is 8.67. The summed E-state index contributed by atoms with van der Waals surface area (Å²) in [6.45, 7) is 1.50. The second kappa shape index (κ2) is 9.40. The van der Waals surface area contributed by atoms with Crippen LogP contribution in [0.2, 0.25) is 0 Å². The summed E-state index contributed by atoms with van der Waals surface area (Å²) in [5.74, 6) is -2.72. The number of carbonyl (C=O) groups excluding carboxylic acids is 2. The van der Waals surface area contributed by atoms with Crippen molar-refractivity contribution in [3.63, 3.8) is 0 Å². The van der Waals surface area contributed by atoms with Crippen LogP contribution in [-0.2, 0) is 23.8 Å². The van der Waals surface area contributed by atoms with Crippen molar-refractivity contribution in [3.8, 4) is 0 Å². The number of esters is 2. The minimum atomic E-state index is -1.17. The third-order valence-electron chi connectivity index (χ3n) is 4.30. The Balaban J connectivity index is 2.40. The SMILES string of the molecule is COC(=O)CC(C(=O)OCCl)C1OC(n2cc(C)c(=O)[nH]c2=O)CC1N=[N+]=[N-]. The number of H-pyrrole nitrogens is 1. The van der Waals surface area contributed by atoms with Crippen molar-refractivity contribution in [2.24, 2.45) is 11.0 Å². The highest BCUT2D eigenvalue weighted by Crippen LogP contribution is 2.36. The second-order valence-corrected chi connectivity index (χ2v) is 6.22.